The summed E-state index contributed by atoms with van der Waals surface area (Å²) in [6, 6.07) is 5.68. The Kier molecular flexibility index (Phi) is 4.69. The summed E-state index contributed by atoms with van der Waals surface area (Å²) >= 11 is 0. The van der Waals surface area contributed by atoms with Crippen molar-refractivity contribution in [3.8, 4) is 23.0 Å². The van der Waals surface area contributed by atoms with Crippen molar-refractivity contribution >= 4 is 23.4 Å². The average molecular weight is 345 g/mol. The predicted octanol–water partition coefficient (Wildman–Crippen LogP) is 0.217. The number of aromatic hydroxyl groups is 4. The van der Waals surface area contributed by atoms with Gasteiger partial charge in [-0.3, -0.25) is 24.5 Å². The summed E-state index contributed by atoms with van der Waals surface area (Å²) in [7, 11) is 0. The summed E-state index contributed by atoms with van der Waals surface area (Å²) in [5.74, 6) is -7.57. The molecule has 0 unspecified atom stereocenters. The van der Waals surface area contributed by atoms with Crippen LogP contribution < -0.4 is 5.32 Å². The zero-order chi connectivity index (χ0) is 18.7. The number of phenols is 4. The molecule has 0 bridgehead atoms. The molecule has 128 valence electrons. The van der Waals surface area contributed by atoms with E-state index in [0.717, 1.165) is 36.4 Å². The van der Waals surface area contributed by atoms with E-state index in [1.807, 2.05) is 0 Å². The van der Waals surface area contributed by atoms with E-state index in [2.05, 4.69) is 0 Å². The molecule has 0 saturated heterocycles. The number of imide groups is 1. The fraction of sp³-hybridized carbons (Fsp3) is 0. The molecule has 0 atom stereocenters. The van der Waals surface area contributed by atoms with Gasteiger partial charge in [-0.15, -0.1) is 0 Å². The smallest absolute Gasteiger partial charge is 0.299 e. The molecule has 0 aliphatic carbocycles. The maximum atomic E-state index is 11.9. The molecule has 9 nitrogen and oxygen atoms in total. The van der Waals surface area contributed by atoms with Crippen LogP contribution in [0.2, 0.25) is 0 Å². The van der Waals surface area contributed by atoms with E-state index in [-0.39, 0.29) is 11.1 Å². The number of rotatable bonds is 4. The van der Waals surface area contributed by atoms with Crippen LogP contribution in [0.25, 0.3) is 0 Å². The summed E-state index contributed by atoms with van der Waals surface area (Å²) in [6.45, 7) is 0. The number of ketones is 2. The van der Waals surface area contributed by atoms with E-state index in [9.17, 15) is 29.4 Å². The van der Waals surface area contributed by atoms with Crippen LogP contribution in [-0.2, 0) is 9.59 Å². The molecule has 0 heterocycles. The van der Waals surface area contributed by atoms with Crippen molar-refractivity contribution in [1.29, 1.82) is 0 Å². The first-order valence-electron chi connectivity index (χ1n) is 6.69. The van der Waals surface area contributed by atoms with Crippen LogP contribution >= 0.6 is 0 Å². The lowest BCUT2D eigenvalue weighted by molar-refractivity contribution is -0.125. The van der Waals surface area contributed by atoms with E-state index >= 15 is 0 Å². The van der Waals surface area contributed by atoms with Gasteiger partial charge >= 0.3 is 0 Å². The molecule has 2 amide bonds. The second kappa shape index (κ2) is 6.71. The first-order valence-corrected chi connectivity index (χ1v) is 6.69. The highest BCUT2D eigenvalue weighted by Gasteiger charge is 2.24. The number of hydrogen-bond donors (Lipinski definition) is 5. The van der Waals surface area contributed by atoms with Crippen LogP contribution in [0.15, 0.2) is 36.4 Å². The molecule has 0 aromatic heterocycles. The second-order valence-electron chi connectivity index (χ2n) is 4.85. The van der Waals surface area contributed by atoms with Gasteiger partial charge in [-0.2, -0.15) is 0 Å². The Bertz CT molecular complexity index is 830. The number of carbonyl (C=O) groups is 4. The Morgan fingerprint density at radius 2 is 0.960 bits per heavy atom. The number of carbonyl (C=O) groups excluding carboxylic acids is 4. The van der Waals surface area contributed by atoms with Crippen LogP contribution in [0.3, 0.4) is 0 Å². The molecule has 2 aromatic rings. The van der Waals surface area contributed by atoms with Gasteiger partial charge in [0.25, 0.3) is 23.4 Å². The average Bonchev–Trinajstić information content (AvgIpc) is 2.58. The number of amides is 2. The van der Waals surface area contributed by atoms with E-state index in [1.54, 1.807) is 5.32 Å². The van der Waals surface area contributed by atoms with Gasteiger partial charge in [-0.1, -0.05) is 0 Å². The first kappa shape index (κ1) is 17.5. The van der Waals surface area contributed by atoms with Crippen molar-refractivity contribution in [2.75, 3.05) is 0 Å². The zero-order valence-electron chi connectivity index (χ0n) is 12.4. The lowest BCUT2D eigenvalue weighted by Gasteiger charge is -2.05. The summed E-state index contributed by atoms with van der Waals surface area (Å²) in [6.07, 6.45) is 0. The Hall–Kier alpha value is -3.88. The summed E-state index contributed by atoms with van der Waals surface area (Å²) in [5, 5.41) is 38.5. The molecule has 0 aliphatic heterocycles. The molecule has 2 aromatic carbocycles. The second-order valence-corrected chi connectivity index (χ2v) is 4.85. The largest absolute Gasteiger partial charge is 0.504 e. The molecule has 0 aliphatic rings. The van der Waals surface area contributed by atoms with Crippen LogP contribution in [0.5, 0.6) is 23.0 Å². The van der Waals surface area contributed by atoms with E-state index in [4.69, 9.17) is 10.2 Å². The molecule has 0 saturated carbocycles. The standard InChI is InChI=1S/C16H11NO8/c18-9-3-1-7(5-11(9)20)13(22)15(24)17-16(25)14(23)8-2-4-10(19)12(21)6-8/h1-6,18-21H,(H,17,24,25). The van der Waals surface area contributed by atoms with Gasteiger partial charge in [0.05, 0.1) is 0 Å². The fourth-order valence-corrected chi connectivity index (χ4v) is 1.81. The summed E-state index contributed by atoms with van der Waals surface area (Å²) < 4.78 is 0. The number of nitrogens with one attached hydrogen (secondary N) is 1. The number of hydrogen-bond acceptors (Lipinski definition) is 8. The molecule has 5 N–H and O–H groups in total. The van der Waals surface area contributed by atoms with Crippen LogP contribution in [0, 0.1) is 0 Å². The summed E-state index contributed by atoms with van der Waals surface area (Å²) in [5.41, 5.74) is -0.620. The Labute approximate surface area is 139 Å². The summed E-state index contributed by atoms with van der Waals surface area (Å²) in [4.78, 5) is 47.2. The highest BCUT2D eigenvalue weighted by Crippen LogP contribution is 2.26. The quantitative estimate of drug-likeness (QED) is 0.298. The molecule has 0 spiro atoms. The Morgan fingerprint density at radius 3 is 1.28 bits per heavy atom. The van der Waals surface area contributed by atoms with E-state index in [1.165, 1.54) is 0 Å². The van der Waals surface area contributed by atoms with Gasteiger partial charge in [0.2, 0.25) is 0 Å². The maximum absolute atomic E-state index is 11.9. The van der Waals surface area contributed by atoms with Gasteiger partial charge < -0.3 is 20.4 Å². The van der Waals surface area contributed by atoms with E-state index < -0.39 is 46.4 Å². The zero-order valence-corrected chi connectivity index (χ0v) is 12.4. The molecular formula is C16H11NO8. The van der Waals surface area contributed by atoms with Crippen LogP contribution in [0.1, 0.15) is 20.7 Å². The minimum Gasteiger partial charge on any atom is -0.504 e. The van der Waals surface area contributed by atoms with Crippen LogP contribution in [-0.4, -0.2) is 43.8 Å². The Morgan fingerprint density at radius 1 is 0.600 bits per heavy atom. The van der Waals surface area contributed by atoms with Gasteiger partial charge in [-0.05, 0) is 36.4 Å². The monoisotopic (exact) mass is 345 g/mol. The number of phenolic OH excluding ortho intramolecular Hbond substituents is 4. The first-order chi connectivity index (χ1) is 11.7. The highest BCUT2D eigenvalue weighted by atomic mass is 16.3. The lowest BCUT2D eigenvalue weighted by Crippen LogP contribution is -2.40. The third-order valence-corrected chi connectivity index (χ3v) is 3.11. The molecular weight excluding hydrogens is 334 g/mol. The van der Waals surface area contributed by atoms with Crippen molar-refractivity contribution in [2.24, 2.45) is 0 Å². The van der Waals surface area contributed by atoms with Crippen molar-refractivity contribution in [2.45, 2.75) is 0 Å². The van der Waals surface area contributed by atoms with Gasteiger partial charge in [0.1, 0.15) is 0 Å². The highest BCUT2D eigenvalue weighted by molar-refractivity contribution is 6.52. The third-order valence-electron chi connectivity index (χ3n) is 3.11. The van der Waals surface area contributed by atoms with Gasteiger partial charge in [0, 0.05) is 11.1 Å². The molecule has 2 rings (SSSR count). The molecule has 0 radical (unpaired) electrons. The van der Waals surface area contributed by atoms with Crippen molar-refractivity contribution < 1.29 is 39.6 Å². The molecule has 25 heavy (non-hydrogen) atoms. The van der Waals surface area contributed by atoms with Gasteiger partial charge in [0.15, 0.2) is 23.0 Å². The minimum atomic E-state index is -1.42. The maximum Gasteiger partial charge on any atom is 0.299 e. The van der Waals surface area contributed by atoms with E-state index in [0.29, 0.717) is 0 Å². The number of Topliss-reactive ketones (excluding diaryl/α,β-unsaturated/α-hetero) is 2. The van der Waals surface area contributed by atoms with Crippen molar-refractivity contribution in [3.63, 3.8) is 0 Å². The topological polar surface area (TPSA) is 161 Å². The van der Waals surface area contributed by atoms with Gasteiger partial charge in [-0.25, -0.2) is 0 Å². The lowest BCUT2D eigenvalue weighted by atomic mass is 10.1. The molecule has 0 fully saturated rings. The minimum absolute atomic E-state index is 0.310. The molecule has 9 heteroatoms. The van der Waals surface area contributed by atoms with Crippen LogP contribution in [0.4, 0.5) is 0 Å². The van der Waals surface area contributed by atoms with Crippen molar-refractivity contribution in [1.82, 2.24) is 5.32 Å². The Balaban J connectivity index is 2.11. The predicted molar refractivity (Wildman–Crippen MR) is 81.4 cm³/mol. The SMILES string of the molecule is O=C(NC(=O)C(=O)c1ccc(O)c(O)c1)C(=O)c1ccc(O)c(O)c1. The normalized spacial score (nSPS) is 10.1. The van der Waals surface area contributed by atoms with Crippen molar-refractivity contribution in [3.05, 3.63) is 47.5 Å². The fourth-order valence-electron chi connectivity index (χ4n) is 1.81. The number of benzene rings is 2. The third kappa shape index (κ3) is 3.72.